The number of nitrogens with two attached hydrogens (primary N) is 1. The molecular formula is C12H11F2N3. The Morgan fingerprint density at radius 1 is 1.18 bits per heavy atom. The standard InChI is InChI=1S/C12H11F2N3/c13-9-5-4-7(6-10(9)14)17-11-3-1-2-8(11)12(15)16-17/h4-6H,1-3H2,(H2,15,16). The van der Waals surface area contributed by atoms with Crippen LogP contribution in [0.4, 0.5) is 14.6 Å². The number of benzene rings is 1. The first kappa shape index (κ1) is 10.3. The molecule has 1 aliphatic carbocycles. The van der Waals surface area contributed by atoms with Crippen molar-refractivity contribution in [1.82, 2.24) is 9.78 Å². The Morgan fingerprint density at radius 2 is 2.00 bits per heavy atom. The van der Waals surface area contributed by atoms with Crippen LogP contribution in [0.15, 0.2) is 18.2 Å². The molecule has 0 fully saturated rings. The number of hydrogen-bond acceptors (Lipinski definition) is 2. The maximum absolute atomic E-state index is 13.2. The molecule has 5 heteroatoms. The Hall–Kier alpha value is -1.91. The summed E-state index contributed by atoms with van der Waals surface area (Å²) in [5.41, 5.74) is 8.36. The first-order valence-corrected chi connectivity index (χ1v) is 5.48. The summed E-state index contributed by atoms with van der Waals surface area (Å²) in [5.74, 6) is -1.24. The van der Waals surface area contributed by atoms with Gasteiger partial charge in [-0.15, -0.1) is 0 Å². The molecule has 3 rings (SSSR count). The fraction of sp³-hybridized carbons (Fsp3) is 0.250. The fourth-order valence-electron chi connectivity index (χ4n) is 2.30. The minimum Gasteiger partial charge on any atom is -0.382 e. The molecule has 1 aliphatic rings. The molecule has 0 saturated heterocycles. The van der Waals surface area contributed by atoms with Crippen molar-refractivity contribution < 1.29 is 8.78 Å². The number of hydrogen-bond donors (Lipinski definition) is 1. The van der Waals surface area contributed by atoms with Crippen LogP contribution < -0.4 is 5.73 Å². The van der Waals surface area contributed by atoms with E-state index in [1.54, 1.807) is 4.68 Å². The maximum Gasteiger partial charge on any atom is 0.160 e. The van der Waals surface area contributed by atoms with Gasteiger partial charge in [0.1, 0.15) is 5.82 Å². The van der Waals surface area contributed by atoms with Crippen molar-refractivity contribution in [3.8, 4) is 5.69 Å². The highest BCUT2D eigenvalue weighted by Gasteiger charge is 2.21. The molecule has 0 saturated carbocycles. The van der Waals surface area contributed by atoms with E-state index in [0.29, 0.717) is 11.5 Å². The van der Waals surface area contributed by atoms with Crippen LogP contribution in [0.1, 0.15) is 17.7 Å². The highest BCUT2D eigenvalue weighted by molar-refractivity contribution is 5.49. The quantitative estimate of drug-likeness (QED) is 0.823. The molecule has 3 nitrogen and oxygen atoms in total. The summed E-state index contributed by atoms with van der Waals surface area (Å²) in [7, 11) is 0. The van der Waals surface area contributed by atoms with E-state index in [4.69, 9.17) is 5.73 Å². The second-order valence-electron chi connectivity index (χ2n) is 4.17. The van der Waals surface area contributed by atoms with Gasteiger partial charge in [-0.3, -0.25) is 0 Å². The average Bonchev–Trinajstić information content (AvgIpc) is 2.87. The second-order valence-corrected chi connectivity index (χ2v) is 4.17. The Bertz CT molecular complexity index is 590. The summed E-state index contributed by atoms with van der Waals surface area (Å²) >= 11 is 0. The lowest BCUT2D eigenvalue weighted by molar-refractivity contribution is 0.507. The van der Waals surface area contributed by atoms with E-state index < -0.39 is 11.6 Å². The third kappa shape index (κ3) is 1.50. The van der Waals surface area contributed by atoms with E-state index >= 15 is 0 Å². The van der Waals surface area contributed by atoms with Crippen molar-refractivity contribution in [3.05, 3.63) is 41.1 Å². The first-order valence-electron chi connectivity index (χ1n) is 5.48. The van der Waals surface area contributed by atoms with Crippen LogP contribution in [0.2, 0.25) is 0 Å². The van der Waals surface area contributed by atoms with Gasteiger partial charge < -0.3 is 5.73 Å². The highest BCUT2D eigenvalue weighted by atomic mass is 19.2. The lowest BCUT2D eigenvalue weighted by Crippen LogP contribution is -2.02. The topological polar surface area (TPSA) is 43.8 Å². The fourth-order valence-corrected chi connectivity index (χ4v) is 2.30. The van der Waals surface area contributed by atoms with Crippen molar-refractivity contribution in [2.24, 2.45) is 0 Å². The molecule has 1 aromatic carbocycles. The summed E-state index contributed by atoms with van der Waals surface area (Å²) in [5, 5.41) is 4.18. The largest absolute Gasteiger partial charge is 0.382 e. The third-order valence-electron chi connectivity index (χ3n) is 3.11. The molecule has 0 aliphatic heterocycles. The average molecular weight is 235 g/mol. The summed E-state index contributed by atoms with van der Waals surface area (Å²) in [6.07, 6.45) is 2.81. The second kappa shape index (κ2) is 3.55. The number of fused-ring (bicyclic) bond motifs is 1. The monoisotopic (exact) mass is 235 g/mol. The summed E-state index contributed by atoms with van der Waals surface area (Å²) in [4.78, 5) is 0. The maximum atomic E-state index is 13.2. The van der Waals surface area contributed by atoms with Gasteiger partial charge in [0.25, 0.3) is 0 Å². The highest BCUT2D eigenvalue weighted by Crippen LogP contribution is 2.29. The van der Waals surface area contributed by atoms with Crippen LogP contribution >= 0.6 is 0 Å². The molecule has 0 amide bonds. The predicted octanol–water partition coefficient (Wildman–Crippen LogP) is 2.22. The van der Waals surface area contributed by atoms with Crippen molar-refractivity contribution in [1.29, 1.82) is 0 Å². The van der Waals surface area contributed by atoms with Gasteiger partial charge in [-0.1, -0.05) is 0 Å². The Kier molecular flexibility index (Phi) is 2.14. The van der Waals surface area contributed by atoms with Crippen LogP contribution in [0, 0.1) is 11.6 Å². The lowest BCUT2D eigenvalue weighted by atomic mass is 10.2. The van der Waals surface area contributed by atoms with E-state index in [0.717, 1.165) is 42.7 Å². The van der Waals surface area contributed by atoms with E-state index in [1.165, 1.54) is 6.07 Å². The predicted molar refractivity (Wildman–Crippen MR) is 59.9 cm³/mol. The van der Waals surface area contributed by atoms with E-state index in [-0.39, 0.29) is 0 Å². The number of nitrogen functional groups attached to an aromatic ring is 1. The number of halogens is 2. The number of rotatable bonds is 1. The van der Waals surface area contributed by atoms with Crippen molar-refractivity contribution in [2.45, 2.75) is 19.3 Å². The molecule has 88 valence electrons. The molecule has 2 N–H and O–H groups in total. The molecule has 1 aromatic heterocycles. The Balaban J connectivity index is 2.15. The van der Waals surface area contributed by atoms with Crippen molar-refractivity contribution in [3.63, 3.8) is 0 Å². The van der Waals surface area contributed by atoms with Crippen LogP contribution in [0.25, 0.3) is 5.69 Å². The van der Waals surface area contributed by atoms with Crippen LogP contribution in [-0.4, -0.2) is 9.78 Å². The van der Waals surface area contributed by atoms with E-state index in [9.17, 15) is 8.78 Å². The Morgan fingerprint density at radius 3 is 2.76 bits per heavy atom. The summed E-state index contributed by atoms with van der Waals surface area (Å²) < 4.78 is 27.7. The normalized spacial score (nSPS) is 14.0. The van der Waals surface area contributed by atoms with Crippen molar-refractivity contribution in [2.75, 3.05) is 5.73 Å². The zero-order chi connectivity index (χ0) is 12.0. The van der Waals surface area contributed by atoms with Gasteiger partial charge in [0.15, 0.2) is 11.6 Å². The van der Waals surface area contributed by atoms with Gasteiger partial charge in [-0.2, -0.15) is 5.10 Å². The van der Waals surface area contributed by atoms with Gasteiger partial charge in [-0.05, 0) is 31.4 Å². The van der Waals surface area contributed by atoms with Gasteiger partial charge in [0.2, 0.25) is 0 Å². The van der Waals surface area contributed by atoms with Crippen LogP contribution in [-0.2, 0) is 12.8 Å². The van der Waals surface area contributed by atoms with E-state index in [2.05, 4.69) is 5.10 Å². The summed E-state index contributed by atoms with van der Waals surface area (Å²) in [6.45, 7) is 0. The summed E-state index contributed by atoms with van der Waals surface area (Å²) in [6, 6.07) is 3.74. The minimum absolute atomic E-state index is 0.488. The molecule has 1 heterocycles. The smallest absolute Gasteiger partial charge is 0.160 e. The molecule has 0 bridgehead atoms. The molecule has 17 heavy (non-hydrogen) atoms. The Labute approximate surface area is 96.9 Å². The van der Waals surface area contributed by atoms with Gasteiger partial charge >= 0.3 is 0 Å². The number of aromatic nitrogens is 2. The molecule has 0 radical (unpaired) electrons. The number of anilines is 1. The van der Waals surface area contributed by atoms with Gasteiger partial charge in [0.05, 0.1) is 5.69 Å². The molecular weight excluding hydrogens is 224 g/mol. The van der Waals surface area contributed by atoms with Gasteiger partial charge in [0, 0.05) is 17.3 Å². The number of nitrogens with zero attached hydrogens (tertiary/aromatic N) is 2. The minimum atomic E-state index is -0.872. The zero-order valence-corrected chi connectivity index (χ0v) is 9.08. The zero-order valence-electron chi connectivity index (χ0n) is 9.08. The molecule has 2 aromatic rings. The lowest BCUT2D eigenvalue weighted by Gasteiger charge is -2.05. The molecule has 0 atom stereocenters. The third-order valence-corrected chi connectivity index (χ3v) is 3.11. The van der Waals surface area contributed by atoms with E-state index in [1.807, 2.05) is 0 Å². The van der Waals surface area contributed by atoms with Crippen molar-refractivity contribution >= 4 is 5.82 Å². The van der Waals surface area contributed by atoms with Crippen LogP contribution in [0.5, 0.6) is 0 Å². The van der Waals surface area contributed by atoms with Crippen LogP contribution in [0.3, 0.4) is 0 Å². The first-order chi connectivity index (χ1) is 8.16. The SMILES string of the molecule is Nc1nn(-c2ccc(F)c(F)c2)c2c1CCC2. The molecule has 0 spiro atoms. The molecule has 0 unspecified atom stereocenters. The van der Waals surface area contributed by atoms with Gasteiger partial charge in [-0.25, -0.2) is 13.5 Å².